The number of hydrogen-bond donors (Lipinski definition) is 0. The van der Waals surface area contributed by atoms with Gasteiger partial charge in [-0.1, -0.05) is 0 Å². The highest BCUT2D eigenvalue weighted by molar-refractivity contribution is 5.69. The molecule has 88 valence electrons. The molecule has 2 rings (SSSR count). The number of rotatable bonds is 1. The third-order valence-electron chi connectivity index (χ3n) is 3.39. The van der Waals surface area contributed by atoms with Crippen LogP contribution in [0, 0.1) is 22.7 Å². The lowest BCUT2D eigenvalue weighted by Crippen LogP contribution is -2.37. The molecule has 1 saturated heterocycles. The van der Waals surface area contributed by atoms with Gasteiger partial charge in [0, 0.05) is 24.9 Å². The Labute approximate surface area is 96.2 Å². The van der Waals surface area contributed by atoms with Crippen molar-refractivity contribution in [1.29, 1.82) is 5.26 Å². The second kappa shape index (κ2) is 3.38. The van der Waals surface area contributed by atoms with Crippen LogP contribution in [0.4, 0.5) is 4.79 Å². The summed E-state index contributed by atoms with van der Waals surface area (Å²) in [6.07, 6.45) is 1.42. The summed E-state index contributed by atoms with van der Waals surface area (Å²) in [5.41, 5.74) is -0.335. The summed E-state index contributed by atoms with van der Waals surface area (Å²) in [6.45, 7) is 7.06. The van der Waals surface area contributed by atoms with Gasteiger partial charge in [0.15, 0.2) is 0 Å². The second-order valence-electron chi connectivity index (χ2n) is 5.96. The normalized spacial score (nSPS) is 31.9. The van der Waals surface area contributed by atoms with E-state index in [2.05, 4.69) is 6.07 Å². The maximum Gasteiger partial charge on any atom is 0.410 e. The molecule has 2 unspecified atom stereocenters. The number of carbonyl (C=O) groups is 1. The molecule has 0 aromatic carbocycles. The molecule has 1 amide bonds. The van der Waals surface area contributed by atoms with Crippen molar-refractivity contribution in [2.75, 3.05) is 13.1 Å². The number of amides is 1. The minimum atomic E-state index is -0.438. The van der Waals surface area contributed by atoms with Crippen LogP contribution in [0.1, 0.15) is 33.6 Å². The summed E-state index contributed by atoms with van der Waals surface area (Å²) >= 11 is 0. The van der Waals surface area contributed by atoms with E-state index in [0.717, 1.165) is 13.0 Å². The van der Waals surface area contributed by atoms with Gasteiger partial charge in [0.05, 0.1) is 6.07 Å². The zero-order chi connectivity index (χ0) is 12.0. The lowest BCUT2D eigenvalue weighted by atomic mass is 10.0. The van der Waals surface area contributed by atoms with Crippen molar-refractivity contribution in [3.05, 3.63) is 0 Å². The second-order valence-corrected chi connectivity index (χ2v) is 5.96. The van der Waals surface area contributed by atoms with Crippen LogP contribution in [0.3, 0.4) is 0 Å². The fourth-order valence-corrected chi connectivity index (χ4v) is 2.49. The third-order valence-corrected chi connectivity index (χ3v) is 3.39. The Kier molecular flexibility index (Phi) is 2.37. The summed E-state index contributed by atoms with van der Waals surface area (Å²) in [6, 6.07) is 2.22. The Hall–Kier alpha value is -1.24. The number of ether oxygens (including phenoxy) is 1. The van der Waals surface area contributed by atoms with Gasteiger partial charge in [-0.15, -0.1) is 0 Å². The molecule has 0 spiro atoms. The van der Waals surface area contributed by atoms with E-state index in [1.165, 1.54) is 0 Å². The minimum Gasteiger partial charge on any atom is -0.444 e. The molecule has 1 aliphatic carbocycles. The van der Waals surface area contributed by atoms with Gasteiger partial charge in [-0.3, -0.25) is 0 Å². The first kappa shape index (κ1) is 11.3. The van der Waals surface area contributed by atoms with Crippen molar-refractivity contribution >= 4 is 6.09 Å². The van der Waals surface area contributed by atoms with Crippen LogP contribution >= 0.6 is 0 Å². The Morgan fingerprint density at radius 1 is 1.62 bits per heavy atom. The Morgan fingerprint density at radius 3 is 2.88 bits per heavy atom. The van der Waals surface area contributed by atoms with E-state index in [0.29, 0.717) is 18.9 Å². The number of nitrogens with zero attached hydrogens (tertiary/aromatic N) is 2. The average molecular weight is 222 g/mol. The largest absolute Gasteiger partial charge is 0.444 e. The van der Waals surface area contributed by atoms with Gasteiger partial charge in [-0.25, -0.2) is 4.79 Å². The molecular formula is C12H18N2O2. The van der Waals surface area contributed by atoms with Crippen molar-refractivity contribution < 1.29 is 9.53 Å². The number of likely N-dealkylation sites (tertiary alicyclic amines) is 1. The van der Waals surface area contributed by atoms with E-state index in [4.69, 9.17) is 10.00 Å². The molecule has 0 radical (unpaired) electrons. The SMILES string of the molecule is CC(C)(C)OC(=O)N1CC2CC2(CC#N)C1. The standard InChI is InChI=1S/C12H18N2O2/c1-11(2,3)16-10(15)14-7-9-6-12(9,8-14)4-5-13/h9H,4,6-8H2,1-3H3. The summed E-state index contributed by atoms with van der Waals surface area (Å²) < 4.78 is 5.32. The molecule has 0 N–H and O–H groups in total. The monoisotopic (exact) mass is 222 g/mol. The van der Waals surface area contributed by atoms with Crippen LogP contribution in [0.2, 0.25) is 0 Å². The van der Waals surface area contributed by atoms with Crippen LogP contribution in [-0.2, 0) is 4.74 Å². The molecule has 1 saturated carbocycles. The molecular weight excluding hydrogens is 204 g/mol. The first-order valence-electron chi connectivity index (χ1n) is 5.71. The van der Waals surface area contributed by atoms with Crippen molar-refractivity contribution in [3.63, 3.8) is 0 Å². The molecule has 0 aromatic rings. The van der Waals surface area contributed by atoms with E-state index in [1.54, 1.807) is 4.90 Å². The number of piperidine rings is 1. The van der Waals surface area contributed by atoms with E-state index < -0.39 is 5.60 Å². The van der Waals surface area contributed by atoms with Crippen molar-refractivity contribution in [3.8, 4) is 6.07 Å². The predicted molar refractivity (Wildman–Crippen MR) is 58.6 cm³/mol. The molecule has 2 atom stereocenters. The zero-order valence-electron chi connectivity index (χ0n) is 10.1. The summed E-state index contributed by atoms with van der Waals surface area (Å²) in [5.74, 6) is 0.527. The van der Waals surface area contributed by atoms with Gasteiger partial charge in [-0.05, 0) is 33.1 Å². The minimum absolute atomic E-state index is 0.103. The van der Waals surface area contributed by atoms with Crippen molar-refractivity contribution in [2.45, 2.75) is 39.2 Å². The Bertz CT molecular complexity index is 353. The first-order chi connectivity index (χ1) is 7.36. The van der Waals surface area contributed by atoms with Crippen LogP contribution in [0.25, 0.3) is 0 Å². The number of hydrogen-bond acceptors (Lipinski definition) is 3. The quantitative estimate of drug-likeness (QED) is 0.683. The maximum atomic E-state index is 11.8. The van der Waals surface area contributed by atoms with Gasteiger partial charge in [-0.2, -0.15) is 5.26 Å². The van der Waals surface area contributed by atoms with E-state index in [-0.39, 0.29) is 11.5 Å². The zero-order valence-corrected chi connectivity index (χ0v) is 10.1. The molecule has 1 heterocycles. The van der Waals surface area contributed by atoms with E-state index in [9.17, 15) is 4.79 Å². The number of nitriles is 1. The summed E-state index contributed by atoms with van der Waals surface area (Å²) in [4.78, 5) is 13.5. The molecule has 1 aliphatic heterocycles. The Balaban J connectivity index is 1.91. The molecule has 0 aromatic heterocycles. The summed E-state index contributed by atoms with van der Waals surface area (Å²) in [5, 5.41) is 8.75. The fraction of sp³-hybridized carbons (Fsp3) is 0.833. The topological polar surface area (TPSA) is 53.3 Å². The van der Waals surface area contributed by atoms with Gasteiger partial charge in [0.1, 0.15) is 5.60 Å². The lowest BCUT2D eigenvalue weighted by Gasteiger charge is -2.26. The number of fused-ring (bicyclic) bond motifs is 1. The smallest absolute Gasteiger partial charge is 0.410 e. The highest BCUT2D eigenvalue weighted by atomic mass is 16.6. The van der Waals surface area contributed by atoms with Crippen LogP contribution < -0.4 is 0 Å². The van der Waals surface area contributed by atoms with Gasteiger partial charge in [0.25, 0.3) is 0 Å². The van der Waals surface area contributed by atoms with E-state index >= 15 is 0 Å². The van der Waals surface area contributed by atoms with Crippen molar-refractivity contribution in [2.24, 2.45) is 11.3 Å². The molecule has 4 heteroatoms. The first-order valence-corrected chi connectivity index (χ1v) is 5.71. The molecule has 16 heavy (non-hydrogen) atoms. The highest BCUT2D eigenvalue weighted by Gasteiger charge is 2.60. The van der Waals surface area contributed by atoms with Crippen molar-refractivity contribution in [1.82, 2.24) is 4.90 Å². The molecule has 2 fully saturated rings. The van der Waals surface area contributed by atoms with Gasteiger partial charge in [0.2, 0.25) is 0 Å². The molecule has 4 nitrogen and oxygen atoms in total. The summed E-state index contributed by atoms with van der Waals surface area (Å²) in [7, 11) is 0. The van der Waals surface area contributed by atoms with E-state index in [1.807, 2.05) is 20.8 Å². The fourth-order valence-electron chi connectivity index (χ4n) is 2.49. The maximum absolute atomic E-state index is 11.8. The predicted octanol–water partition coefficient (Wildman–Crippen LogP) is 2.16. The van der Waals surface area contributed by atoms with Crippen LogP contribution in [-0.4, -0.2) is 29.7 Å². The van der Waals surface area contributed by atoms with Crippen LogP contribution in [0.15, 0.2) is 0 Å². The molecule has 0 bridgehead atoms. The average Bonchev–Trinajstić information content (AvgIpc) is 2.65. The number of carbonyl (C=O) groups excluding carboxylic acids is 1. The van der Waals surface area contributed by atoms with Gasteiger partial charge >= 0.3 is 6.09 Å². The lowest BCUT2D eigenvalue weighted by molar-refractivity contribution is 0.0262. The third kappa shape index (κ3) is 1.99. The van der Waals surface area contributed by atoms with Crippen LogP contribution in [0.5, 0.6) is 0 Å². The molecule has 2 aliphatic rings. The van der Waals surface area contributed by atoms with Gasteiger partial charge < -0.3 is 9.64 Å². The Morgan fingerprint density at radius 2 is 2.31 bits per heavy atom. The highest BCUT2D eigenvalue weighted by Crippen LogP contribution is 2.59.